The third-order valence-electron chi connectivity index (χ3n) is 0.378. The second-order valence-corrected chi connectivity index (χ2v) is 1.87. The summed E-state index contributed by atoms with van der Waals surface area (Å²) in [7, 11) is 0. The molecule has 7 heavy (non-hydrogen) atoms. The Morgan fingerprint density at radius 3 is 2.43 bits per heavy atom. The van der Waals surface area contributed by atoms with Gasteiger partial charge in [-0.1, -0.05) is 6.58 Å². The van der Waals surface area contributed by atoms with Crippen molar-refractivity contribution in [3.8, 4) is 0 Å². The van der Waals surface area contributed by atoms with Gasteiger partial charge in [0.1, 0.15) is 0 Å². The first-order chi connectivity index (χ1) is 3.18. The summed E-state index contributed by atoms with van der Waals surface area (Å²) in [5.41, 5.74) is -1.81. The quantitative estimate of drug-likeness (QED) is 0.434. The molecule has 1 N–H and O–H groups in total. The predicted molar refractivity (Wildman–Crippen MR) is 25.9 cm³/mol. The molecule has 0 rings (SSSR count). The Bertz CT molecular complexity index is 92.9. The van der Waals surface area contributed by atoms with Crippen molar-refractivity contribution in [2.24, 2.45) is 0 Å². The van der Waals surface area contributed by atoms with Crippen molar-refractivity contribution < 1.29 is 13.2 Å². The first-order valence-corrected chi connectivity index (χ1v) is 2.71. The van der Waals surface area contributed by atoms with Crippen LogP contribution in [-0.4, -0.2) is 14.3 Å². The summed E-state index contributed by atoms with van der Waals surface area (Å²) in [5, 5.41) is 0. The molecule has 0 aromatic rings. The van der Waals surface area contributed by atoms with Crippen molar-refractivity contribution in [2.75, 3.05) is 0 Å². The van der Waals surface area contributed by atoms with Crippen LogP contribution in [0.1, 0.15) is 0 Å². The zero-order valence-electron chi connectivity index (χ0n) is 3.50. The van der Waals surface area contributed by atoms with Gasteiger partial charge in [0.15, 0.2) is 11.1 Å². The lowest BCUT2D eigenvalue weighted by molar-refractivity contribution is 0.459. The summed E-state index contributed by atoms with van der Waals surface area (Å²) in [6.45, 7) is 2.95. The molecule has 0 spiro atoms. The Labute approximate surface area is 43.3 Å². The van der Waals surface area contributed by atoms with Gasteiger partial charge in [0.25, 0.3) is 0 Å². The van der Waals surface area contributed by atoms with Gasteiger partial charge >= 0.3 is 0 Å². The lowest BCUT2D eigenvalue weighted by Gasteiger charge is -1.89. The van der Waals surface area contributed by atoms with Crippen molar-refractivity contribution in [1.29, 1.82) is 0 Å². The van der Waals surface area contributed by atoms with E-state index in [2.05, 4.69) is 6.58 Å². The van der Waals surface area contributed by atoms with E-state index < -0.39 is 16.6 Å². The summed E-state index contributed by atoms with van der Waals surface area (Å²) in [5.74, 6) is 0. The van der Waals surface area contributed by atoms with Gasteiger partial charge in [0.05, 0.1) is 0 Å². The van der Waals surface area contributed by atoms with E-state index in [9.17, 15) is 8.60 Å². The molecule has 0 saturated heterocycles. The highest BCUT2D eigenvalue weighted by molar-refractivity contribution is 7.79. The Morgan fingerprint density at radius 2 is 2.43 bits per heavy atom. The molecule has 0 fully saturated rings. The fourth-order valence-electron chi connectivity index (χ4n) is 0.0823. The molecule has 4 heteroatoms. The first kappa shape index (κ1) is 6.78. The Balaban J connectivity index is 3.55. The van der Waals surface area contributed by atoms with Crippen molar-refractivity contribution in [2.45, 2.75) is 5.50 Å². The molecule has 0 aromatic carbocycles. The molecule has 0 saturated carbocycles. The summed E-state index contributed by atoms with van der Waals surface area (Å²) >= 11 is -2.40. The van der Waals surface area contributed by atoms with Crippen LogP contribution in [0.15, 0.2) is 12.7 Å². The third-order valence-corrected chi connectivity index (χ3v) is 0.956. The van der Waals surface area contributed by atoms with E-state index >= 15 is 0 Å². The van der Waals surface area contributed by atoms with Crippen molar-refractivity contribution in [3.63, 3.8) is 0 Å². The maximum atomic E-state index is 11.6. The van der Waals surface area contributed by atoms with Gasteiger partial charge in [-0.3, -0.25) is 0 Å². The molecule has 42 valence electrons. The topological polar surface area (TPSA) is 37.3 Å². The SMILES string of the molecule is C=CC(F)S(=O)O. The standard InChI is InChI=1S/C3H5FO2S/c1-2-3(4)7(5)6/h2-3H,1H2,(H,5,6). The summed E-state index contributed by atoms with van der Waals surface area (Å²) < 4.78 is 29.0. The number of hydrogen-bond donors (Lipinski definition) is 1. The summed E-state index contributed by atoms with van der Waals surface area (Å²) in [6, 6.07) is 0. The molecule has 0 aromatic heterocycles. The average molecular weight is 124 g/mol. The van der Waals surface area contributed by atoms with Crippen LogP contribution in [0.25, 0.3) is 0 Å². The summed E-state index contributed by atoms with van der Waals surface area (Å²) in [4.78, 5) is 0. The lowest BCUT2D eigenvalue weighted by Crippen LogP contribution is -2.01. The minimum atomic E-state index is -2.40. The number of halogens is 1. The minimum Gasteiger partial charge on any atom is -0.304 e. The number of rotatable bonds is 2. The van der Waals surface area contributed by atoms with E-state index in [0.29, 0.717) is 0 Å². The zero-order chi connectivity index (χ0) is 5.86. The van der Waals surface area contributed by atoms with Gasteiger partial charge in [0, 0.05) is 0 Å². The van der Waals surface area contributed by atoms with Crippen LogP contribution in [0, 0.1) is 0 Å². The molecule has 0 heterocycles. The van der Waals surface area contributed by atoms with Crippen LogP contribution in [-0.2, 0) is 11.1 Å². The van der Waals surface area contributed by atoms with E-state index in [1.54, 1.807) is 0 Å². The zero-order valence-corrected chi connectivity index (χ0v) is 4.32. The largest absolute Gasteiger partial charge is 0.304 e. The van der Waals surface area contributed by atoms with Crippen molar-refractivity contribution in [3.05, 3.63) is 12.7 Å². The molecule has 2 nitrogen and oxygen atoms in total. The minimum absolute atomic E-state index is 0.774. The Hall–Kier alpha value is -0.220. The van der Waals surface area contributed by atoms with Crippen LogP contribution in [0.4, 0.5) is 4.39 Å². The molecule has 0 aliphatic heterocycles. The highest BCUT2D eigenvalue weighted by atomic mass is 32.2. The van der Waals surface area contributed by atoms with Gasteiger partial charge in [-0.15, -0.1) is 0 Å². The normalized spacial score (nSPS) is 18.0. The van der Waals surface area contributed by atoms with Gasteiger partial charge in [-0.2, -0.15) is 0 Å². The average Bonchev–Trinajstić information content (AvgIpc) is 1.65. The highest BCUT2D eigenvalue weighted by Gasteiger charge is 2.04. The van der Waals surface area contributed by atoms with E-state index in [0.717, 1.165) is 6.08 Å². The van der Waals surface area contributed by atoms with Crippen LogP contribution in [0.2, 0.25) is 0 Å². The third kappa shape index (κ3) is 2.47. The number of hydrogen-bond acceptors (Lipinski definition) is 1. The molecule has 0 amide bonds. The maximum Gasteiger partial charge on any atom is 0.218 e. The first-order valence-electron chi connectivity index (χ1n) is 1.54. The molecule has 0 radical (unpaired) electrons. The predicted octanol–water partition coefficient (Wildman–Crippen LogP) is 0.690. The van der Waals surface area contributed by atoms with E-state index in [1.165, 1.54) is 0 Å². The molecule has 0 bridgehead atoms. The van der Waals surface area contributed by atoms with E-state index in [4.69, 9.17) is 4.55 Å². The van der Waals surface area contributed by atoms with Crippen LogP contribution >= 0.6 is 0 Å². The van der Waals surface area contributed by atoms with Crippen LogP contribution < -0.4 is 0 Å². The molecule has 2 unspecified atom stereocenters. The fraction of sp³-hybridized carbons (Fsp3) is 0.333. The Kier molecular flexibility index (Phi) is 2.78. The monoisotopic (exact) mass is 124 g/mol. The highest BCUT2D eigenvalue weighted by Crippen LogP contribution is 1.93. The summed E-state index contributed by atoms with van der Waals surface area (Å²) in [6.07, 6.45) is 0.774. The number of alkyl halides is 1. The van der Waals surface area contributed by atoms with Crippen LogP contribution in [0.5, 0.6) is 0 Å². The lowest BCUT2D eigenvalue weighted by atomic mass is 10.7. The van der Waals surface area contributed by atoms with E-state index in [1.807, 2.05) is 0 Å². The Morgan fingerprint density at radius 1 is 2.00 bits per heavy atom. The van der Waals surface area contributed by atoms with Crippen molar-refractivity contribution >= 4 is 11.1 Å². The van der Waals surface area contributed by atoms with Gasteiger partial charge in [0.2, 0.25) is 5.50 Å². The molecular formula is C3H5FO2S. The smallest absolute Gasteiger partial charge is 0.218 e. The van der Waals surface area contributed by atoms with Gasteiger partial charge < -0.3 is 4.55 Å². The van der Waals surface area contributed by atoms with Crippen LogP contribution in [0.3, 0.4) is 0 Å². The van der Waals surface area contributed by atoms with Gasteiger partial charge in [-0.25, -0.2) is 8.60 Å². The maximum absolute atomic E-state index is 11.6. The second kappa shape index (κ2) is 2.87. The van der Waals surface area contributed by atoms with E-state index in [-0.39, 0.29) is 0 Å². The second-order valence-electron chi connectivity index (χ2n) is 0.863. The molecular weight excluding hydrogens is 119 g/mol. The molecule has 2 atom stereocenters. The molecule has 0 aliphatic rings. The fourth-order valence-corrected chi connectivity index (χ4v) is 0.247. The van der Waals surface area contributed by atoms with Crippen molar-refractivity contribution in [1.82, 2.24) is 0 Å². The molecule has 0 aliphatic carbocycles. The van der Waals surface area contributed by atoms with Gasteiger partial charge in [-0.05, 0) is 6.08 Å².